The number of aromatic nitrogens is 1. The summed E-state index contributed by atoms with van der Waals surface area (Å²) in [6.45, 7) is 3.37. The van der Waals surface area contributed by atoms with E-state index in [-0.39, 0.29) is 18.1 Å². The van der Waals surface area contributed by atoms with E-state index >= 15 is 0 Å². The summed E-state index contributed by atoms with van der Waals surface area (Å²) in [7, 11) is 0. The van der Waals surface area contributed by atoms with Crippen molar-refractivity contribution in [1.82, 2.24) is 9.88 Å². The lowest BCUT2D eigenvalue weighted by molar-refractivity contribution is -0.134. The van der Waals surface area contributed by atoms with Crippen LogP contribution in [0.5, 0.6) is 11.5 Å². The highest BCUT2D eigenvalue weighted by Gasteiger charge is 2.53. The number of rotatable bonds is 3. The molecule has 3 aliphatic rings. The Balaban J connectivity index is 1.30. The van der Waals surface area contributed by atoms with Gasteiger partial charge in [0.1, 0.15) is 5.82 Å². The monoisotopic (exact) mass is 351 g/mol. The van der Waals surface area contributed by atoms with Gasteiger partial charge in [-0.15, -0.1) is 0 Å². The third kappa shape index (κ3) is 2.48. The molecular formula is C20H21N3O3. The fourth-order valence-corrected chi connectivity index (χ4v) is 3.93. The highest BCUT2D eigenvalue weighted by atomic mass is 16.7. The Morgan fingerprint density at radius 2 is 1.81 bits per heavy atom. The van der Waals surface area contributed by atoms with Crippen LogP contribution in [0.2, 0.25) is 0 Å². The van der Waals surface area contributed by atoms with Crippen LogP contribution in [0.1, 0.15) is 18.4 Å². The molecule has 1 aromatic heterocycles. The minimum atomic E-state index is -0.367. The maximum Gasteiger partial charge on any atom is 0.233 e. The van der Waals surface area contributed by atoms with Gasteiger partial charge >= 0.3 is 0 Å². The van der Waals surface area contributed by atoms with Crippen LogP contribution >= 0.6 is 0 Å². The average molecular weight is 351 g/mol. The van der Waals surface area contributed by atoms with Crippen molar-refractivity contribution in [3.05, 3.63) is 48.2 Å². The van der Waals surface area contributed by atoms with E-state index in [1.54, 1.807) is 0 Å². The van der Waals surface area contributed by atoms with Crippen LogP contribution in [0.3, 0.4) is 0 Å². The predicted octanol–water partition coefficient (Wildman–Crippen LogP) is 2.19. The van der Waals surface area contributed by atoms with E-state index in [9.17, 15) is 4.79 Å². The molecule has 1 aliphatic carbocycles. The molecule has 6 heteroatoms. The second-order valence-corrected chi connectivity index (χ2v) is 7.12. The molecular weight excluding hydrogens is 330 g/mol. The van der Waals surface area contributed by atoms with Crippen LogP contribution in [0.4, 0.5) is 5.82 Å². The first kappa shape index (κ1) is 15.5. The molecule has 0 unspecified atom stereocenters. The van der Waals surface area contributed by atoms with Gasteiger partial charge in [-0.3, -0.25) is 4.79 Å². The first-order valence-corrected chi connectivity index (χ1v) is 9.12. The van der Waals surface area contributed by atoms with E-state index in [0.717, 1.165) is 61.9 Å². The van der Waals surface area contributed by atoms with Crippen molar-refractivity contribution in [3.63, 3.8) is 0 Å². The molecule has 1 saturated carbocycles. The number of fused-ring (bicyclic) bond motifs is 1. The van der Waals surface area contributed by atoms with Gasteiger partial charge in [-0.05, 0) is 42.7 Å². The van der Waals surface area contributed by atoms with E-state index < -0.39 is 0 Å². The lowest BCUT2D eigenvalue weighted by Gasteiger charge is -2.37. The number of ether oxygens (including phenoxy) is 2. The molecule has 0 spiro atoms. The zero-order valence-electron chi connectivity index (χ0n) is 14.6. The number of carbonyl (C=O) groups excluding carboxylic acids is 1. The van der Waals surface area contributed by atoms with Crippen LogP contribution in [0.25, 0.3) is 0 Å². The van der Waals surface area contributed by atoms with Crippen LogP contribution in [0, 0.1) is 0 Å². The molecule has 0 bridgehead atoms. The molecule has 6 nitrogen and oxygen atoms in total. The molecule has 2 fully saturated rings. The second kappa shape index (κ2) is 5.90. The summed E-state index contributed by atoms with van der Waals surface area (Å²) in [6, 6.07) is 11.9. The van der Waals surface area contributed by atoms with E-state index in [2.05, 4.69) is 9.88 Å². The first-order chi connectivity index (χ1) is 12.8. The van der Waals surface area contributed by atoms with Crippen molar-refractivity contribution in [3.8, 4) is 11.5 Å². The van der Waals surface area contributed by atoms with Gasteiger partial charge in [0.15, 0.2) is 11.5 Å². The quantitative estimate of drug-likeness (QED) is 0.848. The number of pyridine rings is 1. The third-order valence-electron chi connectivity index (χ3n) is 5.62. The summed E-state index contributed by atoms with van der Waals surface area (Å²) < 4.78 is 10.9. The lowest BCUT2D eigenvalue weighted by atomic mass is 9.93. The normalized spacial score (nSPS) is 20.2. The first-order valence-electron chi connectivity index (χ1n) is 9.12. The topological polar surface area (TPSA) is 54.9 Å². The number of benzene rings is 1. The number of amides is 1. The lowest BCUT2D eigenvalue weighted by Crippen LogP contribution is -2.51. The fourth-order valence-electron chi connectivity index (χ4n) is 3.93. The molecule has 1 aromatic carbocycles. The molecule has 1 amide bonds. The second-order valence-electron chi connectivity index (χ2n) is 7.12. The van der Waals surface area contributed by atoms with Crippen LogP contribution in [-0.2, 0) is 10.2 Å². The Hall–Kier alpha value is -2.76. The largest absolute Gasteiger partial charge is 0.454 e. The van der Waals surface area contributed by atoms with Crippen molar-refractivity contribution in [2.24, 2.45) is 0 Å². The average Bonchev–Trinajstić information content (AvgIpc) is 3.39. The summed E-state index contributed by atoms with van der Waals surface area (Å²) >= 11 is 0. The fraction of sp³-hybridized carbons (Fsp3) is 0.400. The number of hydrogen-bond acceptors (Lipinski definition) is 5. The Morgan fingerprint density at radius 3 is 2.54 bits per heavy atom. The van der Waals surface area contributed by atoms with Gasteiger partial charge in [-0.2, -0.15) is 0 Å². The molecule has 3 heterocycles. The third-order valence-corrected chi connectivity index (χ3v) is 5.62. The highest BCUT2D eigenvalue weighted by molar-refractivity contribution is 5.91. The number of carbonyl (C=O) groups is 1. The van der Waals surface area contributed by atoms with E-state index in [1.165, 1.54) is 0 Å². The van der Waals surface area contributed by atoms with Crippen LogP contribution in [-0.4, -0.2) is 48.8 Å². The number of nitrogens with zero attached hydrogens (tertiary/aromatic N) is 3. The molecule has 0 radical (unpaired) electrons. The molecule has 2 aliphatic heterocycles. The number of piperazine rings is 1. The summed E-state index contributed by atoms with van der Waals surface area (Å²) in [5, 5.41) is 0. The summed E-state index contributed by atoms with van der Waals surface area (Å²) in [6.07, 6.45) is 3.63. The van der Waals surface area contributed by atoms with E-state index in [1.807, 2.05) is 47.5 Å². The van der Waals surface area contributed by atoms with E-state index in [0.29, 0.717) is 0 Å². The minimum absolute atomic E-state index is 0.247. The number of hydrogen-bond donors (Lipinski definition) is 0. The summed E-state index contributed by atoms with van der Waals surface area (Å²) in [4.78, 5) is 21.9. The Bertz CT molecular complexity index is 827. The Labute approximate surface area is 152 Å². The summed E-state index contributed by atoms with van der Waals surface area (Å²) in [5.74, 6) is 2.75. The van der Waals surface area contributed by atoms with Gasteiger partial charge in [0, 0.05) is 32.4 Å². The maximum absolute atomic E-state index is 13.2. The van der Waals surface area contributed by atoms with Crippen molar-refractivity contribution < 1.29 is 14.3 Å². The van der Waals surface area contributed by atoms with Gasteiger partial charge in [-0.25, -0.2) is 4.98 Å². The molecule has 2 aromatic rings. The van der Waals surface area contributed by atoms with Crippen molar-refractivity contribution in [1.29, 1.82) is 0 Å². The number of anilines is 1. The minimum Gasteiger partial charge on any atom is -0.454 e. The molecule has 0 atom stereocenters. The molecule has 134 valence electrons. The van der Waals surface area contributed by atoms with Crippen molar-refractivity contribution in [2.45, 2.75) is 18.3 Å². The van der Waals surface area contributed by atoms with E-state index in [4.69, 9.17) is 9.47 Å². The zero-order chi connectivity index (χ0) is 17.6. The predicted molar refractivity (Wildman–Crippen MR) is 96.5 cm³/mol. The zero-order valence-corrected chi connectivity index (χ0v) is 14.6. The smallest absolute Gasteiger partial charge is 0.233 e. The molecule has 1 saturated heterocycles. The van der Waals surface area contributed by atoms with Crippen molar-refractivity contribution in [2.75, 3.05) is 37.9 Å². The molecule has 0 N–H and O–H groups in total. The maximum atomic E-state index is 13.2. The highest BCUT2D eigenvalue weighted by Crippen LogP contribution is 2.51. The Morgan fingerprint density at radius 1 is 1.00 bits per heavy atom. The van der Waals surface area contributed by atoms with Gasteiger partial charge in [0.05, 0.1) is 5.41 Å². The van der Waals surface area contributed by atoms with Crippen LogP contribution in [0.15, 0.2) is 42.6 Å². The molecule has 26 heavy (non-hydrogen) atoms. The van der Waals surface area contributed by atoms with Gasteiger partial charge in [-0.1, -0.05) is 12.1 Å². The SMILES string of the molecule is O=C(N1CCN(c2ccccn2)CC1)C1(c2ccc3c(c2)OCO3)CC1. The Kier molecular flexibility index (Phi) is 3.51. The van der Waals surface area contributed by atoms with Gasteiger partial charge < -0.3 is 19.3 Å². The van der Waals surface area contributed by atoms with Gasteiger partial charge in [0.25, 0.3) is 0 Å². The summed E-state index contributed by atoms with van der Waals surface area (Å²) in [5.41, 5.74) is 0.688. The van der Waals surface area contributed by atoms with Crippen molar-refractivity contribution >= 4 is 11.7 Å². The standard InChI is InChI=1S/C20H21N3O3/c24-19(23-11-9-22(10-12-23)18-3-1-2-8-21-18)20(6-7-20)15-4-5-16-17(13-15)26-14-25-16/h1-5,8,13H,6-7,9-12,14H2. The molecule has 5 rings (SSSR count). The van der Waals surface area contributed by atoms with Crippen LogP contribution < -0.4 is 14.4 Å². The van der Waals surface area contributed by atoms with Gasteiger partial charge in [0.2, 0.25) is 12.7 Å².